The molecule has 0 aliphatic carbocycles. The van der Waals surface area contributed by atoms with Crippen molar-refractivity contribution in [3.8, 4) is 0 Å². The Morgan fingerprint density at radius 1 is 1.47 bits per heavy atom. The fraction of sp³-hybridized carbons (Fsp3) is 0.750. The van der Waals surface area contributed by atoms with Crippen molar-refractivity contribution in [2.75, 3.05) is 0 Å². The number of aryl methyl sites for hydroxylation is 2. The molecule has 1 aromatic rings. The highest BCUT2D eigenvalue weighted by atomic mass is 79.9. The molecule has 5 heteroatoms. The minimum absolute atomic E-state index is 0.265. The van der Waals surface area contributed by atoms with Gasteiger partial charge in [0.05, 0.1) is 22.0 Å². The van der Waals surface area contributed by atoms with Crippen LogP contribution in [0.15, 0.2) is 4.47 Å². The molecule has 0 aliphatic heterocycles. The van der Waals surface area contributed by atoms with Crippen molar-refractivity contribution in [3.05, 3.63) is 15.9 Å². The summed E-state index contributed by atoms with van der Waals surface area (Å²) < 4.78 is 3.00. The van der Waals surface area contributed by atoms with Gasteiger partial charge in [-0.2, -0.15) is 5.10 Å². The number of hydrogen-bond acceptors (Lipinski definition) is 3. The molecule has 2 unspecified atom stereocenters. The van der Waals surface area contributed by atoms with Gasteiger partial charge in [0, 0.05) is 19.6 Å². The van der Waals surface area contributed by atoms with Gasteiger partial charge in [-0.05, 0) is 42.6 Å². The van der Waals surface area contributed by atoms with Crippen molar-refractivity contribution in [3.63, 3.8) is 0 Å². The van der Waals surface area contributed by atoms with E-state index in [0.717, 1.165) is 35.2 Å². The van der Waals surface area contributed by atoms with E-state index in [-0.39, 0.29) is 6.10 Å². The molecule has 0 aromatic carbocycles. The molecule has 2 N–H and O–H groups in total. The largest absolute Gasteiger partial charge is 0.393 e. The van der Waals surface area contributed by atoms with Crippen molar-refractivity contribution >= 4 is 15.9 Å². The fourth-order valence-corrected chi connectivity index (χ4v) is 2.63. The van der Waals surface area contributed by atoms with Crippen LogP contribution in [0.4, 0.5) is 0 Å². The van der Waals surface area contributed by atoms with Crippen molar-refractivity contribution in [1.29, 1.82) is 0 Å². The highest BCUT2D eigenvalue weighted by molar-refractivity contribution is 9.10. The third-order valence-electron chi connectivity index (χ3n) is 2.82. The fourth-order valence-electron chi connectivity index (χ4n) is 1.88. The van der Waals surface area contributed by atoms with Crippen LogP contribution in [0.5, 0.6) is 0 Å². The Morgan fingerprint density at radius 3 is 2.59 bits per heavy atom. The number of aliphatic hydroxyl groups is 1. The Morgan fingerprint density at radius 2 is 2.12 bits per heavy atom. The number of halogens is 1. The number of aromatic nitrogens is 2. The first-order valence-electron chi connectivity index (χ1n) is 6.07. The molecule has 98 valence electrons. The SMILES string of the molecule is CCc1nn(C)c(CNC(C)CC(C)O)c1Br. The molecular weight excluding hydrogens is 282 g/mol. The molecule has 0 spiro atoms. The average molecular weight is 304 g/mol. The topological polar surface area (TPSA) is 50.1 Å². The van der Waals surface area contributed by atoms with Crippen LogP contribution in [-0.4, -0.2) is 27.0 Å². The van der Waals surface area contributed by atoms with E-state index >= 15 is 0 Å². The van der Waals surface area contributed by atoms with Gasteiger partial charge in [0.25, 0.3) is 0 Å². The van der Waals surface area contributed by atoms with Gasteiger partial charge in [-0.3, -0.25) is 4.68 Å². The minimum Gasteiger partial charge on any atom is -0.393 e. The molecule has 4 nitrogen and oxygen atoms in total. The monoisotopic (exact) mass is 303 g/mol. The summed E-state index contributed by atoms with van der Waals surface area (Å²) in [7, 11) is 1.96. The van der Waals surface area contributed by atoms with E-state index in [1.165, 1.54) is 0 Å². The van der Waals surface area contributed by atoms with Crippen molar-refractivity contribution in [2.45, 2.75) is 52.3 Å². The zero-order chi connectivity index (χ0) is 13.0. The summed E-state index contributed by atoms with van der Waals surface area (Å²) in [5.41, 5.74) is 2.24. The van der Waals surface area contributed by atoms with Crippen molar-refractivity contribution < 1.29 is 5.11 Å². The van der Waals surface area contributed by atoms with Crippen LogP contribution in [0.2, 0.25) is 0 Å². The first-order chi connectivity index (χ1) is 7.95. The lowest BCUT2D eigenvalue weighted by Gasteiger charge is -2.15. The summed E-state index contributed by atoms with van der Waals surface area (Å²) in [6.45, 7) is 6.75. The van der Waals surface area contributed by atoms with Gasteiger partial charge in [0.15, 0.2) is 0 Å². The summed E-state index contributed by atoms with van der Waals surface area (Å²) in [5, 5.41) is 17.2. The van der Waals surface area contributed by atoms with Gasteiger partial charge >= 0.3 is 0 Å². The van der Waals surface area contributed by atoms with Gasteiger partial charge in [-0.1, -0.05) is 6.92 Å². The lowest BCUT2D eigenvalue weighted by atomic mass is 10.1. The van der Waals surface area contributed by atoms with E-state index < -0.39 is 0 Å². The Kier molecular flexibility index (Phi) is 5.62. The Labute approximate surface area is 112 Å². The number of rotatable bonds is 6. The first kappa shape index (κ1) is 14.7. The highest BCUT2D eigenvalue weighted by Crippen LogP contribution is 2.21. The van der Waals surface area contributed by atoms with Gasteiger partial charge in [-0.15, -0.1) is 0 Å². The maximum absolute atomic E-state index is 9.30. The average Bonchev–Trinajstić information content (AvgIpc) is 2.50. The highest BCUT2D eigenvalue weighted by Gasteiger charge is 2.13. The maximum Gasteiger partial charge on any atom is 0.0767 e. The zero-order valence-corrected chi connectivity index (χ0v) is 12.6. The van der Waals surface area contributed by atoms with Crippen LogP contribution in [0, 0.1) is 0 Å². The summed E-state index contributed by atoms with van der Waals surface area (Å²) in [5.74, 6) is 0. The van der Waals surface area contributed by atoms with E-state index in [1.807, 2.05) is 18.7 Å². The standard InChI is InChI=1S/C12H22BrN3O/c1-5-10-12(13)11(16(4)15-10)7-14-8(2)6-9(3)17/h8-9,14,17H,5-7H2,1-4H3. The van der Waals surface area contributed by atoms with Crippen LogP contribution < -0.4 is 5.32 Å². The van der Waals surface area contributed by atoms with Gasteiger partial charge < -0.3 is 10.4 Å². The number of hydrogen-bond donors (Lipinski definition) is 2. The van der Waals surface area contributed by atoms with Crippen LogP contribution >= 0.6 is 15.9 Å². The predicted molar refractivity (Wildman–Crippen MR) is 72.9 cm³/mol. The predicted octanol–water partition coefficient (Wildman–Crippen LogP) is 1.99. The summed E-state index contributed by atoms with van der Waals surface area (Å²) >= 11 is 3.59. The van der Waals surface area contributed by atoms with Crippen LogP contribution in [0.1, 0.15) is 38.6 Å². The molecule has 0 aliphatic rings. The van der Waals surface area contributed by atoms with Crippen LogP contribution in [0.3, 0.4) is 0 Å². The summed E-state index contributed by atoms with van der Waals surface area (Å²) in [4.78, 5) is 0. The van der Waals surface area contributed by atoms with Gasteiger partial charge in [0.1, 0.15) is 0 Å². The Hall–Kier alpha value is -0.390. The van der Waals surface area contributed by atoms with E-state index in [1.54, 1.807) is 0 Å². The molecular formula is C12H22BrN3O. The van der Waals surface area contributed by atoms with E-state index in [0.29, 0.717) is 6.04 Å². The lowest BCUT2D eigenvalue weighted by molar-refractivity contribution is 0.170. The molecule has 17 heavy (non-hydrogen) atoms. The molecule has 1 rings (SSSR count). The first-order valence-corrected chi connectivity index (χ1v) is 6.86. The van der Waals surface area contributed by atoms with E-state index in [4.69, 9.17) is 0 Å². The van der Waals surface area contributed by atoms with Crippen LogP contribution in [0.25, 0.3) is 0 Å². The number of nitrogens with one attached hydrogen (secondary N) is 1. The number of aliphatic hydroxyl groups excluding tert-OH is 1. The van der Waals surface area contributed by atoms with Crippen molar-refractivity contribution in [2.24, 2.45) is 7.05 Å². The summed E-state index contributed by atoms with van der Waals surface area (Å²) in [6.07, 6.45) is 1.42. The number of nitrogens with zero attached hydrogens (tertiary/aromatic N) is 2. The molecule has 0 bridgehead atoms. The van der Waals surface area contributed by atoms with Gasteiger partial charge in [0.2, 0.25) is 0 Å². The zero-order valence-electron chi connectivity index (χ0n) is 11.0. The van der Waals surface area contributed by atoms with Crippen molar-refractivity contribution in [1.82, 2.24) is 15.1 Å². The second-order valence-corrected chi connectivity index (χ2v) is 5.34. The Bertz CT molecular complexity index is 363. The third kappa shape index (κ3) is 4.08. The third-order valence-corrected chi connectivity index (χ3v) is 3.73. The maximum atomic E-state index is 9.30. The van der Waals surface area contributed by atoms with Gasteiger partial charge in [-0.25, -0.2) is 0 Å². The molecule has 0 amide bonds. The van der Waals surface area contributed by atoms with E-state index in [2.05, 4.69) is 40.2 Å². The molecule has 1 heterocycles. The second kappa shape index (κ2) is 6.52. The van der Waals surface area contributed by atoms with Crippen LogP contribution in [-0.2, 0) is 20.0 Å². The van der Waals surface area contributed by atoms with E-state index in [9.17, 15) is 5.11 Å². The molecule has 0 radical (unpaired) electrons. The minimum atomic E-state index is -0.265. The second-order valence-electron chi connectivity index (χ2n) is 4.55. The molecule has 0 fully saturated rings. The summed E-state index contributed by atoms with van der Waals surface area (Å²) in [6, 6.07) is 0.293. The molecule has 0 saturated heterocycles. The lowest BCUT2D eigenvalue weighted by Crippen LogP contribution is -2.29. The molecule has 0 saturated carbocycles. The normalized spacial score (nSPS) is 14.9. The molecule has 1 aromatic heterocycles. The molecule has 2 atom stereocenters. The smallest absolute Gasteiger partial charge is 0.0767 e. The quantitative estimate of drug-likeness (QED) is 0.845. The Balaban J connectivity index is 2.60.